The fraction of sp³-hybridized carbons (Fsp3) is 0.167. The summed E-state index contributed by atoms with van der Waals surface area (Å²) in [6.45, 7) is 0.650. The molecule has 0 unspecified atom stereocenters. The molecule has 0 fully saturated rings. The van der Waals surface area contributed by atoms with Crippen molar-refractivity contribution in [1.82, 2.24) is 15.0 Å². The number of ether oxygens (including phenoxy) is 1. The summed E-state index contributed by atoms with van der Waals surface area (Å²) < 4.78 is 5.15. The smallest absolute Gasteiger partial charge is 0.207 e. The van der Waals surface area contributed by atoms with Crippen LogP contribution in [0.5, 0.6) is 5.75 Å². The van der Waals surface area contributed by atoms with Gasteiger partial charge in [-0.25, -0.2) is 0 Å². The fourth-order valence-electron chi connectivity index (χ4n) is 2.39. The van der Waals surface area contributed by atoms with E-state index in [0.717, 1.165) is 17.0 Å². The van der Waals surface area contributed by atoms with Gasteiger partial charge in [-0.05, 0) is 29.8 Å². The van der Waals surface area contributed by atoms with Crippen molar-refractivity contribution in [2.75, 3.05) is 19.1 Å². The summed E-state index contributed by atoms with van der Waals surface area (Å²) in [5.74, 6) is 1.31. The lowest BCUT2D eigenvalue weighted by molar-refractivity contribution is 0.414. The number of anilines is 1. The Morgan fingerprint density at radius 3 is 2.42 bits per heavy atom. The van der Waals surface area contributed by atoms with Crippen molar-refractivity contribution < 1.29 is 4.74 Å². The largest absolute Gasteiger partial charge is 0.497 e. The molecule has 0 spiro atoms. The normalized spacial score (nSPS) is 10.2. The number of nitriles is 1. The Hall–Kier alpha value is -3.33. The zero-order valence-corrected chi connectivity index (χ0v) is 13.5. The van der Waals surface area contributed by atoms with Crippen molar-refractivity contribution >= 4 is 5.82 Å². The van der Waals surface area contributed by atoms with Crippen LogP contribution in [-0.4, -0.2) is 29.2 Å². The molecule has 120 valence electrons. The minimum Gasteiger partial charge on any atom is -0.497 e. The molecule has 0 amide bonds. The summed E-state index contributed by atoms with van der Waals surface area (Å²) in [5, 5.41) is 18.1. The zero-order valence-electron chi connectivity index (χ0n) is 13.5. The molecular weight excluding hydrogens is 302 g/mol. The molecule has 3 aromatic rings. The second kappa shape index (κ2) is 6.84. The molecule has 0 radical (unpaired) electrons. The van der Waals surface area contributed by atoms with Gasteiger partial charge in [0, 0.05) is 13.6 Å². The summed E-state index contributed by atoms with van der Waals surface area (Å²) in [5.41, 5.74) is 2.21. The van der Waals surface area contributed by atoms with Gasteiger partial charge in [0.05, 0.1) is 12.8 Å². The molecule has 24 heavy (non-hydrogen) atoms. The van der Waals surface area contributed by atoms with Crippen molar-refractivity contribution in [3.8, 4) is 17.5 Å². The molecule has 3 rings (SSSR count). The van der Waals surface area contributed by atoms with Crippen LogP contribution < -0.4 is 9.64 Å². The van der Waals surface area contributed by atoms with E-state index in [-0.39, 0.29) is 0 Å². The lowest BCUT2D eigenvalue weighted by atomic mass is 10.2. The highest BCUT2D eigenvalue weighted by Crippen LogP contribution is 2.19. The SMILES string of the molecule is COc1ccc(-n2nc(C#N)c(N(C)Cc3ccccc3)n2)cc1. The summed E-state index contributed by atoms with van der Waals surface area (Å²) in [7, 11) is 3.52. The lowest BCUT2D eigenvalue weighted by Gasteiger charge is -2.15. The first-order valence-electron chi connectivity index (χ1n) is 7.48. The predicted molar refractivity (Wildman–Crippen MR) is 91.2 cm³/mol. The molecule has 0 atom stereocenters. The van der Waals surface area contributed by atoms with Crippen LogP contribution >= 0.6 is 0 Å². The molecule has 0 bridgehead atoms. The van der Waals surface area contributed by atoms with Gasteiger partial charge in [0.1, 0.15) is 11.8 Å². The van der Waals surface area contributed by atoms with Crippen molar-refractivity contribution in [2.24, 2.45) is 0 Å². The van der Waals surface area contributed by atoms with Gasteiger partial charge >= 0.3 is 0 Å². The Labute approximate surface area is 140 Å². The molecule has 0 saturated heterocycles. The molecule has 0 N–H and O–H groups in total. The Morgan fingerprint density at radius 2 is 1.79 bits per heavy atom. The predicted octanol–water partition coefficient (Wildman–Crippen LogP) is 2.78. The summed E-state index contributed by atoms with van der Waals surface area (Å²) in [6, 6.07) is 19.5. The molecule has 1 heterocycles. The average Bonchev–Trinajstić information content (AvgIpc) is 3.07. The third-order valence-electron chi connectivity index (χ3n) is 3.63. The van der Waals surface area contributed by atoms with Crippen molar-refractivity contribution in [1.29, 1.82) is 5.26 Å². The van der Waals surface area contributed by atoms with Gasteiger partial charge in [-0.15, -0.1) is 15.0 Å². The van der Waals surface area contributed by atoms with Gasteiger partial charge < -0.3 is 9.64 Å². The second-order valence-electron chi connectivity index (χ2n) is 5.31. The van der Waals surface area contributed by atoms with Crippen molar-refractivity contribution in [2.45, 2.75) is 6.54 Å². The monoisotopic (exact) mass is 319 g/mol. The first-order chi connectivity index (χ1) is 11.7. The van der Waals surface area contributed by atoms with Gasteiger partial charge in [-0.1, -0.05) is 30.3 Å². The van der Waals surface area contributed by atoms with Gasteiger partial charge in [0.15, 0.2) is 5.82 Å². The maximum absolute atomic E-state index is 9.36. The second-order valence-corrected chi connectivity index (χ2v) is 5.31. The molecule has 0 aliphatic heterocycles. The van der Waals surface area contributed by atoms with Crippen LogP contribution in [0.4, 0.5) is 5.82 Å². The first-order valence-corrected chi connectivity index (χ1v) is 7.48. The molecule has 1 aromatic heterocycles. The van der Waals surface area contributed by atoms with Crippen LogP contribution in [0.25, 0.3) is 5.69 Å². The summed E-state index contributed by atoms with van der Waals surface area (Å²) >= 11 is 0. The van der Waals surface area contributed by atoms with Gasteiger partial charge in [-0.3, -0.25) is 0 Å². The molecule has 0 aliphatic carbocycles. The van der Waals surface area contributed by atoms with Crippen LogP contribution in [0.1, 0.15) is 11.3 Å². The number of hydrogen-bond donors (Lipinski definition) is 0. The van der Waals surface area contributed by atoms with E-state index < -0.39 is 0 Å². The van der Waals surface area contributed by atoms with Crippen LogP contribution in [0, 0.1) is 11.3 Å². The van der Waals surface area contributed by atoms with Crippen LogP contribution in [0.15, 0.2) is 54.6 Å². The van der Waals surface area contributed by atoms with Crippen molar-refractivity contribution in [3.05, 3.63) is 65.9 Å². The maximum Gasteiger partial charge on any atom is 0.207 e. The van der Waals surface area contributed by atoms with Gasteiger partial charge in [0.2, 0.25) is 5.69 Å². The molecule has 6 nitrogen and oxygen atoms in total. The topological polar surface area (TPSA) is 67.0 Å². The zero-order chi connectivity index (χ0) is 16.9. The summed E-state index contributed by atoms with van der Waals surface area (Å²) in [4.78, 5) is 3.38. The number of methoxy groups -OCH3 is 1. The van der Waals surface area contributed by atoms with Crippen LogP contribution in [0.2, 0.25) is 0 Å². The van der Waals surface area contributed by atoms with E-state index in [1.165, 1.54) is 4.80 Å². The van der Waals surface area contributed by atoms with Crippen molar-refractivity contribution in [3.63, 3.8) is 0 Å². The number of nitrogens with zero attached hydrogens (tertiary/aromatic N) is 5. The van der Waals surface area contributed by atoms with E-state index in [1.54, 1.807) is 7.11 Å². The van der Waals surface area contributed by atoms with Gasteiger partial charge in [0.25, 0.3) is 0 Å². The highest BCUT2D eigenvalue weighted by Gasteiger charge is 2.16. The van der Waals surface area contributed by atoms with E-state index in [0.29, 0.717) is 18.1 Å². The lowest BCUT2D eigenvalue weighted by Crippen LogP contribution is -2.18. The molecule has 6 heteroatoms. The number of aromatic nitrogens is 3. The van der Waals surface area contributed by atoms with E-state index in [9.17, 15) is 5.26 Å². The van der Waals surface area contributed by atoms with E-state index in [4.69, 9.17) is 4.74 Å². The van der Waals surface area contributed by atoms with E-state index in [1.807, 2.05) is 66.5 Å². The highest BCUT2D eigenvalue weighted by molar-refractivity contribution is 5.50. The number of benzene rings is 2. The first kappa shape index (κ1) is 15.6. The Bertz CT molecular complexity index is 849. The Kier molecular flexibility index (Phi) is 4.43. The Morgan fingerprint density at radius 1 is 1.08 bits per heavy atom. The Balaban J connectivity index is 1.88. The third kappa shape index (κ3) is 3.20. The van der Waals surface area contributed by atoms with E-state index in [2.05, 4.69) is 16.3 Å². The maximum atomic E-state index is 9.36. The minimum atomic E-state index is 0.296. The minimum absolute atomic E-state index is 0.296. The number of rotatable bonds is 5. The molecule has 0 saturated carbocycles. The van der Waals surface area contributed by atoms with Crippen LogP contribution in [0.3, 0.4) is 0 Å². The third-order valence-corrected chi connectivity index (χ3v) is 3.63. The van der Waals surface area contributed by atoms with Gasteiger partial charge in [-0.2, -0.15) is 5.26 Å². The summed E-state index contributed by atoms with van der Waals surface area (Å²) in [6.07, 6.45) is 0. The number of hydrogen-bond acceptors (Lipinski definition) is 5. The highest BCUT2D eigenvalue weighted by atomic mass is 16.5. The molecular formula is C18H17N5O. The fourth-order valence-corrected chi connectivity index (χ4v) is 2.39. The average molecular weight is 319 g/mol. The molecule has 2 aromatic carbocycles. The van der Waals surface area contributed by atoms with E-state index >= 15 is 0 Å². The standard InChI is InChI=1S/C18H17N5O/c1-22(13-14-6-4-3-5-7-14)18-17(12-19)20-23(21-18)15-8-10-16(24-2)11-9-15/h3-11H,13H2,1-2H3. The van der Waals surface area contributed by atoms with Crippen LogP contribution in [-0.2, 0) is 6.54 Å². The molecule has 0 aliphatic rings. The quantitative estimate of drug-likeness (QED) is 0.723.